The number of hydrogen-bond acceptors (Lipinski definition) is 10. The Bertz CT molecular complexity index is 1440. The van der Waals surface area contributed by atoms with Gasteiger partial charge in [-0.2, -0.15) is 4.31 Å². The second-order valence-electron chi connectivity index (χ2n) is 12.4. The molecule has 0 amide bonds. The van der Waals surface area contributed by atoms with Gasteiger partial charge < -0.3 is 19.5 Å². The number of para-hydroxylation sites is 1. The molecule has 2 atom stereocenters. The molecule has 44 heavy (non-hydrogen) atoms. The van der Waals surface area contributed by atoms with E-state index < -0.39 is 28.3 Å². The van der Waals surface area contributed by atoms with Gasteiger partial charge in [0.15, 0.2) is 0 Å². The number of methoxy groups -OCH3 is 1. The van der Waals surface area contributed by atoms with E-state index in [0.717, 1.165) is 49.2 Å². The molecular formula is C32H45N5O6S. The van der Waals surface area contributed by atoms with Crippen molar-refractivity contribution in [3.8, 4) is 5.75 Å². The number of aryl methyl sites for hydroxylation is 1. The highest BCUT2D eigenvalue weighted by Crippen LogP contribution is 2.57. The van der Waals surface area contributed by atoms with Crippen molar-refractivity contribution in [2.45, 2.75) is 77.3 Å². The van der Waals surface area contributed by atoms with Crippen LogP contribution in [0.4, 0.5) is 0 Å². The van der Waals surface area contributed by atoms with Crippen LogP contribution in [0.15, 0.2) is 53.6 Å². The van der Waals surface area contributed by atoms with Crippen molar-refractivity contribution in [2.75, 3.05) is 26.7 Å². The molecule has 5 rings (SSSR count). The zero-order chi connectivity index (χ0) is 31.5. The molecule has 12 heteroatoms. The predicted octanol–water partition coefficient (Wildman–Crippen LogP) is 5.35. The number of aromatic nitrogens is 3. The fourth-order valence-corrected chi connectivity index (χ4v) is 7.67. The van der Waals surface area contributed by atoms with Crippen LogP contribution in [0.1, 0.15) is 62.1 Å². The average molecular weight is 628 g/mol. The number of hydrogen-bond donors (Lipinski definition) is 3. The molecule has 0 bridgehead atoms. The first-order valence-electron chi connectivity index (χ1n) is 15.2. The minimum absolute atomic E-state index is 0.166. The zero-order valence-electron chi connectivity index (χ0n) is 26.2. The Balaban J connectivity index is 1.39. The molecule has 11 nitrogen and oxygen atoms in total. The molecule has 3 heterocycles. The quantitative estimate of drug-likeness (QED) is 0.253. The third-order valence-electron chi connectivity index (χ3n) is 8.57. The number of fused-ring (bicyclic) bond motifs is 1. The Kier molecular flexibility index (Phi) is 9.98. The second-order valence-corrected chi connectivity index (χ2v) is 14.4. The zero-order valence-corrected chi connectivity index (χ0v) is 27.0. The van der Waals surface area contributed by atoms with E-state index in [2.05, 4.69) is 15.6 Å². The topological polar surface area (TPSA) is 131 Å². The maximum Gasteiger partial charge on any atom is 0.314 e. The van der Waals surface area contributed by atoms with Gasteiger partial charge in [-0.15, -0.1) is 15.9 Å². The van der Waals surface area contributed by atoms with Crippen molar-refractivity contribution in [1.29, 1.82) is 0 Å². The lowest BCUT2D eigenvalue weighted by molar-refractivity contribution is -0.162. The van der Waals surface area contributed by atoms with E-state index in [1.54, 1.807) is 36.4 Å². The van der Waals surface area contributed by atoms with Crippen molar-refractivity contribution >= 4 is 16.7 Å². The fourth-order valence-electron chi connectivity index (χ4n) is 6.01. The number of nitrogens with one attached hydrogen (secondary N) is 1. The average Bonchev–Trinajstić information content (AvgIpc) is 3.41. The molecular weight excluding hydrogens is 582 g/mol. The van der Waals surface area contributed by atoms with Crippen molar-refractivity contribution in [3.63, 3.8) is 0 Å². The highest BCUT2D eigenvalue weighted by atomic mass is 32.3. The predicted molar refractivity (Wildman–Crippen MR) is 168 cm³/mol. The Morgan fingerprint density at radius 3 is 2.70 bits per heavy atom. The molecule has 0 spiro atoms. The van der Waals surface area contributed by atoms with E-state index in [4.69, 9.17) is 14.2 Å². The molecule has 3 N–H and O–H groups in total. The highest BCUT2D eigenvalue weighted by Gasteiger charge is 2.41. The summed E-state index contributed by atoms with van der Waals surface area (Å²) in [5.41, 5.74) is 2.29. The lowest BCUT2D eigenvalue weighted by Crippen LogP contribution is -2.35. The summed E-state index contributed by atoms with van der Waals surface area (Å²) in [5.74, 6) is 0.645. The van der Waals surface area contributed by atoms with Gasteiger partial charge in [-0.05, 0) is 88.4 Å². The lowest BCUT2D eigenvalue weighted by atomic mass is 9.81. The minimum atomic E-state index is -3.32. The molecule has 240 valence electrons. The summed E-state index contributed by atoms with van der Waals surface area (Å²) in [6.07, 6.45) is 3.21. The van der Waals surface area contributed by atoms with Crippen LogP contribution >= 0.6 is 10.8 Å². The van der Waals surface area contributed by atoms with Crippen LogP contribution in [0, 0.1) is 18.3 Å². The van der Waals surface area contributed by atoms with E-state index >= 15 is 0 Å². The van der Waals surface area contributed by atoms with Crippen molar-refractivity contribution in [1.82, 2.24) is 24.6 Å². The molecule has 3 aromatic rings. The first-order valence-corrected chi connectivity index (χ1v) is 16.7. The van der Waals surface area contributed by atoms with Crippen LogP contribution < -0.4 is 10.1 Å². The normalized spacial score (nSPS) is 20.7. The van der Waals surface area contributed by atoms with Crippen LogP contribution in [0.2, 0.25) is 0 Å². The maximum absolute atomic E-state index is 13.0. The monoisotopic (exact) mass is 627 g/mol. The summed E-state index contributed by atoms with van der Waals surface area (Å²) >= 11 is 0. The summed E-state index contributed by atoms with van der Waals surface area (Å²) < 4.78 is 44.1. The van der Waals surface area contributed by atoms with Crippen molar-refractivity contribution in [2.24, 2.45) is 11.3 Å². The molecule has 1 aromatic heterocycles. The standard InChI is InChI=1S/C32H45N5O6S/c1-22-10-11-25(16-26(22)19-37-17-23(2)43-28-8-6-7-9-29(28)44(37,39)40)30(32(3,4)31(38)41-5)42-21-27-20-36(35-34-27)18-24-12-14-33-15-13-24/h6-11,16,20,23-24,30,33,39-40H,12-15,17-19,21H2,1-5H3/t23-,30?/m1/s1. The van der Waals surface area contributed by atoms with Crippen LogP contribution in [-0.2, 0) is 34.0 Å². The molecule has 2 aliphatic rings. The first-order chi connectivity index (χ1) is 21.0. The van der Waals surface area contributed by atoms with E-state index in [0.29, 0.717) is 28.8 Å². The molecule has 2 aliphatic heterocycles. The van der Waals surface area contributed by atoms with Crippen LogP contribution in [0.25, 0.3) is 0 Å². The number of rotatable bonds is 10. The van der Waals surface area contributed by atoms with Crippen molar-refractivity contribution < 1.29 is 28.1 Å². The van der Waals surface area contributed by atoms with Gasteiger partial charge in [0.05, 0.1) is 38.0 Å². The number of ether oxygens (including phenoxy) is 3. The Morgan fingerprint density at radius 2 is 1.95 bits per heavy atom. The maximum atomic E-state index is 13.0. The van der Waals surface area contributed by atoms with Gasteiger partial charge in [0.25, 0.3) is 0 Å². The molecule has 0 aliphatic carbocycles. The lowest BCUT2D eigenvalue weighted by Gasteiger charge is -2.42. The molecule has 1 saturated heterocycles. The second kappa shape index (κ2) is 13.6. The first kappa shape index (κ1) is 32.4. The number of esters is 1. The summed E-state index contributed by atoms with van der Waals surface area (Å²) in [6, 6.07) is 13.0. The summed E-state index contributed by atoms with van der Waals surface area (Å²) in [5, 5.41) is 12.1. The third kappa shape index (κ3) is 7.11. The Labute approximate surface area is 261 Å². The van der Waals surface area contributed by atoms with Gasteiger partial charge in [0.2, 0.25) is 0 Å². The smallest absolute Gasteiger partial charge is 0.314 e. The summed E-state index contributed by atoms with van der Waals surface area (Å²) in [6.45, 7) is 11.1. The molecule has 1 unspecified atom stereocenters. The number of nitrogens with zero attached hydrogens (tertiary/aromatic N) is 4. The van der Waals surface area contributed by atoms with Gasteiger partial charge >= 0.3 is 5.97 Å². The largest absolute Gasteiger partial charge is 0.487 e. The molecule has 2 aromatic carbocycles. The van der Waals surface area contributed by atoms with Gasteiger partial charge in [0.1, 0.15) is 22.4 Å². The van der Waals surface area contributed by atoms with Crippen LogP contribution in [-0.4, -0.2) is 67.2 Å². The highest BCUT2D eigenvalue weighted by molar-refractivity contribution is 8.22. The Hall–Kier alpha value is -3.00. The summed E-state index contributed by atoms with van der Waals surface area (Å²) in [7, 11) is -1.94. The van der Waals surface area contributed by atoms with Crippen LogP contribution in [0.5, 0.6) is 5.75 Å². The number of carbonyl (C=O) groups excluding carboxylic acids is 1. The minimum Gasteiger partial charge on any atom is -0.487 e. The third-order valence-corrected chi connectivity index (χ3v) is 10.5. The summed E-state index contributed by atoms with van der Waals surface area (Å²) in [4.78, 5) is 13.4. The molecule has 1 fully saturated rings. The Morgan fingerprint density at radius 1 is 1.20 bits per heavy atom. The van der Waals surface area contributed by atoms with Gasteiger partial charge in [-0.25, -0.2) is 0 Å². The van der Waals surface area contributed by atoms with E-state index in [-0.39, 0.29) is 19.3 Å². The van der Waals surface area contributed by atoms with Gasteiger partial charge in [0, 0.05) is 13.1 Å². The molecule has 0 radical (unpaired) electrons. The number of carbonyl (C=O) groups is 1. The molecule has 0 saturated carbocycles. The van der Waals surface area contributed by atoms with Crippen molar-refractivity contribution in [3.05, 3.63) is 71.0 Å². The SMILES string of the molecule is COC(=O)C(C)(C)C(OCc1cn(CC2CCNCC2)nn1)c1ccc(C)c(CN2C[C@@H](C)Oc3ccccc3S2(O)O)c1. The van der Waals surface area contributed by atoms with E-state index in [1.165, 1.54) is 7.11 Å². The van der Waals surface area contributed by atoms with Gasteiger partial charge in [-0.3, -0.25) is 18.6 Å². The fraction of sp³-hybridized carbons (Fsp3) is 0.531. The van der Waals surface area contributed by atoms with Crippen LogP contribution in [0.3, 0.4) is 0 Å². The van der Waals surface area contributed by atoms with E-state index in [9.17, 15) is 13.9 Å². The number of piperidine rings is 1. The van der Waals surface area contributed by atoms with Gasteiger partial charge in [-0.1, -0.05) is 35.5 Å². The number of benzene rings is 2. The van der Waals surface area contributed by atoms with E-state index in [1.807, 2.05) is 49.0 Å².